The van der Waals surface area contributed by atoms with E-state index in [1.165, 1.54) is 5.56 Å². The molecule has 5 nitrogen and oxygen atoms in total. The minimum absolute atomic E-state index is 0.0390. The predicted molar refractivity (Wildman–Crippen MR) is 109 cm³/mol. The van der Waals surface area contributed by atoms with Gasteiger partial charge in [-0.15, -0.1) is 5.10 Å². The lowest BCUT2D eigenvalue weighted by Crippen LogP contribution is -2.36. The summed E-state index contributed by atoms with van der Waals surface area (Å²) in [6, 6.07) is 8.35. The van der Waals surface area contributed by atoms with Gasteiger partial charge in [-0.25, -0.2) is 4.68 Å². The van der Waals surface area contributed by atoms with Gasteiger partial charge in [0.25, 0.3) is 0 Å². The number of nitrogens with zero attached hydrogens (tertiary/aromatic N) is 3. The van der Waals surface area contributed by atoms with E-state index >= 15 is 0 Å². The number of thioether (sulfide) groups is 1. The monoisotopic (exact) mass is 382 g/mol. The number of aromatic nitrogens is 3. The molecule has 0 bridgehead atoms. The topological polar surface area (TPSA) is 59.8 Å². The Bertz CT molecular complexity index is 911. The summed E-state index contributed by atoms with van der Waals surface area (Å²) in [5.41, 5.74) is 4.20. The van der Waals surface area contributed by atoms with Gasteiger partial charge in [0.05, 0.1) is 0 Å². The van der Waals surface area contributed by atoms with E-state index in [2.05, 4.69) is 62.3 Å². The molecule has 2 aliphatic rings. The first-order chi connectivity index (χ1) is 12.9. The van der Waals surface area contributed by atoms with Crippen LogP contribution in [0.1, 0.15) is 57.7 Å². The quantitative estimate of drug-likeness (QED) is 0.783. The van der Waals surface area contributed by atoms with Gasteiger partial charge in [0, 0.05) is 17.7 Å². The number of carbonyl (C=O) groups excluding carboxylic acids is 1. The van der Waals surface area contributed by atoms with Crippen LogP contribution in [0.4, 0.5) is 5.95 Å². The Labute approximate surface area is 164 Å². The van der Waals surface area contributed by atoms with Gasteiger partial charge in [0.15, 0.2) is 5.78 Å². The molecule has 0 spiro atoms. The fourth-order valence-electron chi connectivity index (χ4n) is 4.02. The SMILES string of the molecule is CCSc1nc2n(n1)C(c1ccc(CC)cc1)C1=C(CC(C)(C)CC1=O)N2. The second-order valence-corrected chi connectivity index (χ2v) is 9.28. The molecule has 0 amide bonds. The summed E-state index contributed by atoms with van der Waals surface area (Å²) in [5.74, 6) is 1.86. The molecule has 0 saturated heterocycles. The van der Waals surface area contributed by atoms with Gasteiger partial charge >= 0.3 is 0 Å². The van der Waals surface area contributed by atoms with Gasteiger partial charge in [-0.1, -0.05) is 63.7 Å². The van der Waals surface area contributed by atoms with Crippen molar-refractivity contribution in [1.29, 1.82) is 0 Å². The fourth-order valence-corrected chi connectivity index (χ4v) is 4.58. The number of fused-ring (bicyclic) bond motifs is 1. The van der Waals surface area contributed by atoms with E-state index in [1.54, 1.807) is 11.8 Å². The minimum Gasteiger partial charge on any atom is -0.328 e. The fraction of sp³-hybridized carbons (Fsp3) is 0.476. The molecular weight excluding hydrogens is 356 g/mol. The van der Waals surface area contributed by atoms with Gasteiger partial charge in [-0.05, 0) is 35.1 Å². The first kappa shape index (κ1) is 18.3. The minimum atomic E-state index is -0.204. The van der Waals surface area contributed by atoms with Gasteiger partial charge < -0.3 is 5.32 Å². The van der Waals surface area contributed by atoms with Crippen molar-refractivity contribution in [3.05, 3.63) is 46.7 Å². The van der Waals surface area contributed by atoms with E-state index in [9.17, 15) is 4.79 Å². The smallest absolute Gasteiger partial charge is 0.227 e. The molecule has 1 aliphatic carbocycles. The summed E-state index contributed by atoms with van der Waals surface area (Å²) in [5, 5.41) is 8.89. The van der Waals surface area contributed by atoms with Crippen LogP contribution in [-0.2, 0) is 11.2 Å². The maximum Gasteiger partial charge on any atom is 0.227 e. The van der Waals surface area contributed by atoms with Gasteiger partial charge in [-0.3, -0.25) is 4.79 Å². The number of benzene rings is 1. The summed E-state index contributed by atoms with van der Waals surface area (Å²) >= 11 is 1.62. The molecule has 1 aromatic heterocycles. The molecule has 142 valence electrons. The molecule has 1 atom stereocenters. The zero-order chi connectivity index (χ0) is 19.2. The molecule has 1 unspecified atom stereocenters. The predicted octanol–water partition coefficient (Wildman–Crippen LogP) is 4.61. The van der Waals surface area contributed by atoms with E-state index in [-0.39, 0.29) is 17.2 Å². The first-order valence-corrected chi connectivity index (χ1v) is 10.6. The van der Waals surface area contributed by atoms with Crippen LogP contribution >= 0.6 is 11.8 Å². The number of anilines is 1. The summed E-state index contributed by atoms with van der Waals surface area (Å²) < 4.78 is 1.90. The van der Waals surface area contributed by atoms with E-state index in [0.717, 1.165) is 46.5 Å². The van der Waals surface area contributed by atoms with E-state index in [0.29, 0.717) is 6.42 Å². The Balaban J connectivity index is 1.85. The first-order valence-electron chi connectivity index (χ1n) is 9.63. The van der Waals surface area contributed by atoms with Gasteiger partial charge in [0.1, 0.15) is 6.04 Å². The maximum absolute atomic E-state index is 13.1. The maximum atomic E-state index is 13.1. The molecule has 0 radical (unpaired) electrons. The third kappa shape index (κ3) is 3.31. The van der Waals surface area contributed by atoms with Crippen molar-refractivity contribution in [2.75, 3.05) is 11.1 Å². The molecule has 6 heteroatoms. The number of carbonyl (C=O) groups is 1. The largest absolute Gasteiger partial charge is 0.328 e. The van der Waals surface area contributed by atoms with E-state index in [4.69, 9.17) is 5.10 Å². The third-order valence-electron chi connectivity index (χ3n) is 5.29. The molecule has 1 aromatic carbocycles. The highest BCUT2D eigenvalue weighted by atomic mass is 32.2. The number of ketones is 1. The van der Waals surface area contributed by atoms with Crippen LogP contribution in [0.2, 0.25) is 0 Å². The van der Waals surface area contributed by atoms with Gasteiger partial charge in [-0.2, -0.15) is 4.98 Å². The molecule has 4 rings (SSSR count). The number of nitrogens with one attached hydrogen (secondary N) is 1. The molecule has 2 aromatic rings. The van der Waals surface area contributed by atoms with Crippen LogP contribution in [0.3, 0.4) is 0 Å². The number of aryl methyl sites for hydroxylation is 1. The Morgan fingerprint density at radius 3 is 2.63 bits per heavy atom. The highest BCUT2D eigenvalue weighted by Crippen LogP contribution is 2.45. The van der Waals surface area contributed by atoms with Crippen LogP contribution in [0.15, 0.2) is 40.7 Å². The average Bonchev–Trinajstić information content (AvgIpc) is 3.01. The summed E-state index contributed by atoms with van der Waals surface area (Å²) in [6.45, 7) is 8.54. The Morgan fingerprint density at radius 2 is 1.96 bits per heavy atom. The number of hydrogen-bond donors (Lipinski definition) is 1. The van der Waals surface area contributed by atoms with Crippen LogP contribution in [0.25, 0.3) is 0 Å². The molecule has 1 aliphatic heterocycles. The van der Waals surface area contributed by atoms with Crippen molar-refractivity contribution in [1.82, 2.24) is 14.8 Å². The second kappa shape index (κ2) is 6.82. The zero-order valence-corrected chi connectivity index (χ0v) is 17.2. The normalized spacial score (nSPS) is 20.9. The van der Waals surface area contributed by atoms with E-state index in [1.807, 2.05) is 4.68 Å². The number of hydrogen-bond acceptors (Lipinski definition) is 5. The van der Waals surface area contributed by atoms with E-state index < -0.39 is 0 Å². The van der Waals surface area contributed by atoms with Crippen molar-refractivity contribution in [3.8, 4) is 0 Å². The zero-order valence-electron chi connectivity index (χ0n) is 16.4. The highest BCUT2D eigenvalue weighted by Gasteiger charge is 2.41. The van der Waals surface area contributed by atoms with Crippen molar-refractivity contribution in [3.63, 3.8) is 0 Å². The molecule has 0 fully saturated rings. The lowest BCUT2D eigenvalue weighted by Gasteiger charge is -2.38. The van der Waals surface area contributed by atoms with Crippen LogP contribution in [0, 0.1) is 5.41 Å². The number of rotatable bonds is 4. The Kier molecular flexibility index (Phi) is 4.62. The second-order valence-electron chi connectivity index (χ2n) is 8.05. The lowest BCUT2D eigenvalue weighted by atomic mass is 9.73. The Morgan fingerprint density at radius 1 is 1.22 bits per heavy atom. The van der Waals surface area contributed by atoms with Crippen LogP contribution in [0.5, 0.6) is 0 Å². The van der Waals surface area contributed by atoms with Crippen molar-refractivity contribution in [2.45, 2.75) is 58.2 Å². The van der Waals surface area contributed by atoms with Gasteiger partial charge in [0.2, 0.25) is 11.1 Å². The van der Waals surface area contributed by atoms with Crippen molar-refractivity contribution < 1.29 is 4.79 Å². The third-order valence-corrected chi connectivity index (χ3v) is 6.01. The standard InChI is InChI=1S/C21H26N4OS/c1-5-13-7-9-14(10-8-13)18-17-15(11-21(3,4)12-16(17)26)22-19-23-20(27-6-2)24-25(18)19/h7-10,18H,5-6,11-12H2,1-4H3,(H,22,23,24). The summed E-state index contributed by atoms with van der Waals surface area (Å²) in [7, 11) is 0. The summed E-state index contributed by atoms with van der Waals surface area (Å²) in [4.78, 5) is 17.8. The van der Waals surface area contributed by atoms with Crippen LogP contribution in [-0.4, -0.2) is 26.3 Å². The molecule has 0 saturated carbocycles. The number of allylic oxidation sites excluding steroid dienone is 2. The lowest BCUT2D eigenvalue weighted by molar-refractivity contribution is -0.118. The highest BCUT2D eigenvalue weighted by molar-refractivity contribution is 7.99. The number of Topliss-reactive ketones (excluding diaryl/α,β-unsaturated/α-hetero) is 1. The van der Waals surface area contributed by atoms with Crippen molar-refractivity contribution in [2.24, 2.45) is 5.41 Å². The van der Waals surface area contributed by atoms with Crippen LogP contribution < -0.4 is 5.32 Å². The Hall–Kier alpha value is -2.08. The molecule has 1 N–H and O–H groups in total. The summed E-state index contributed by atoms with van der Waals surface area (Å²) in [6.07, 6.45) is 2.41. The molecule has 2 heterocycles. The molecule has 27 heavy (non-hydrogen) atoms. The average molecular weight is 383 g/mol. The molecular formula is C21H26N4OS. The van der Waals surface area contributed by atoms with Crippen molar-refractivity contribution >= 4 is 23.5 Å².